The van der Waals surface area contributed by atoms with Gasteiger partial charge in [-0.05, 0) is 11.6 Å². The predicted octanol–water partition coefficient (Wildman–Crippen LogP) is 0.670. The normalized spacial score (nSPS) is 17.2. The second-order valence-electron chi connectivity index (χ2n) is 0.825. The second kappa shape index (κ2) is 1.30. The molecule has 0 aromatic carbocycles. The van der Waals surface area contributed by atoms with Gasteiger partial charge in [0.05, 0.1) is 0 Å². The topological polar surface area (TPSA) is 26.5 Å². The molecule has 0 bridgehead atoms. The third kappa shape index (κ3) is 0.518. The Bertz CT molecular complexity index is 105. The van der Waals surface area contributed by atoms with Gasteiger partial charge in [-0.15, -0.1) is 0 Å². The van der Waals surface area contributed by atoms with Gasteiger partial charge in [-0.1, -0.05) is 0 Å². The van der Waals surface area contributed by atoms with Gasteiger partial charge in [0.2, 0.25) is 5.29 Å². The van der Waals surface area contributed by atoms with Gasteiger partial charge in [0, 0.05) is 12.4 Å². The minimum absolute atomic E-state index is 0.315. The lowest BCUT2D eigenvalue weighted by atomic mass is 11.0. The van der Waals surface area contributed by atoms with Crippen molar-refractivity contribution in [2.45, 2.75) is 0 Å². The molecule has 0 aromatic heterocycles. The van der Waals surface area contributed by atoms with E-state index in [1.165, 1.54) is 0 Å². The zero-order valence-electron chi connectivity index (χ0n) is 2.93. The average Bonchev–Trinajstić information content (AvgIpc) is 1.86. The molecule has 0 aromatic rings. The molecule has 0 spiro atoms. The molecule has 0 unspecified atom stereocenters. The van der Waals surface area contributed by atoms with E-state index in [1.807, 2.05) is 0 Å². The van der Waals surface area contributed by atoms with E-state index in [2.05, 4.69) is 10.3 Å². The van der Waals surface area contributed by atoms with E-state index in [0.717, 1.165) is 0 Å². The molecular formula is C3H2ClN2. The van der Waals surface area contributed by atoms with E-state index in [1.54, 1.807) is 12.4 Å². The van der Waals surface area contributed by atoms with Crippen molar-refractivity contribution in [3.05, 3.63) is 12.4 Å². The van der Waals surface area contributed by atoms with E-state index in [-0.39, 0.29) is 0 Å². The Hall–Kier alpha value is -0.500. The number of aliphatic imine (C=N–C) groups is 1. The molecule has 0 saturated carbocycles. The monoisotopic (exact) mass is 101 g/mol. The molecule has 1 heterocycles. The lowest BCUT2D eigenvalue weighted by molar-refractivity contribution is 1.33. The lowest BCUT2D eigenvalue weighted by Gasteiger charge is -1.74. The quantitative estimate of drug-likeness (QED) is 0.401. The van der Waals surface area contributed by atoms with E-state index in [9.17, 15) is 0 Å². The van der Waals surface area contributed by atoms with Crippen LogP contribution in [0.5, 0.6) is 0 Å². The van der Waals surface area contributed by atoms with Crippen LogP contribution in [-0.2, 0) is 0 Å². The molecule has 1 radical (unpaired) electrons. The van der Waals surface area contributed by atoms with Crippen LogP contribution in [0.3, 0.4) is 0 Å². The summed E-state index contributed by atoms with van der Waals surface area (Å²) in [5.41, 5.74) is 0. The van der Waals surface area contributed by atoms with E-state index >= 15 is 0 Å². The number of nitrogens with zero attached hydrogens (tertiary/aromatic N) is 2. The molecule has 1 aliphatic heterocycles. The van der Waals surface area contributed by atoms with Crippen LogP contribution in [0.25, 0.3) is 0 Å². The zero-order chi connectivity index (χ0) is 4.41. The standard InChI is InChI=1S/C3H2ClN2/c4-3-5-1-2-6-3/h1-2H. The van der Waals surface area contributed by atoms with Crippen molar-refractivity contribution in [3.63, 3.8) is 0 Å². The Balaban J connectivity index is 2.61. The van der Waals surface area contributed by atoms with Crippen molar-refractivity contribution < 1.29 is 0 Å². The molecule has 0 atom stereocenters. The summed E-state index contributed by atoms with van der Waals surface area (Å²) in [6.07, 6.45) is 3.09. The molecule has 3 heteroatoms. The number of hydrogen-bond donors (Lipinski definition) is 0. The van der Waals surface area contributed by atoms with Crippen LogP contribution in [0.2, 0.25) is 0 Å². The van der Waals surface area contributed by atoms with Gasteiger partial charge in [0.25, 0.3) is 0 Å². The van der Waals surface area contributed by atoms with Gasteiger partial charge >= 0.3 is 0 Å². The number of rotatable bonds is 0. The highest BCUT2D eigenvalue weighted by Gasteiger charge is 1.91. The van der Waals surface area contributed by atoms with Gasteiger partial charge in [0.1, 0.15) is 0 Å². The fourth-order valence-electron chi connectivity index (χ4n) is 0.223. The number of amidine groups is 1. The Morgan fingerprint density at radius 1 is 1.50 bits per heavy atom. The highest BCUT2D eigenvalue weighted by Crippen LogP contribution is 1.90. The Kier molecular flexibility index (Phi) is 0.801. The van der Waals surface area contributed by atoms with Gasteiger partial charge in [-0.25, -0.2) is 10.3 Å². The minimum Gasteiger partial charge on any atom is -0.225 e. The van der Waals surface area contributed by atoms with Crippen molar-refractivity contribution in [3.8, 4) is 0 Å². The van der Waals surface area contributed by atoms with Crippen LogP contribution >= 0.6 is 11.6 Å². The summed E-state index contributed by atoms with van der Waals surface area (Å²) in [6, 6.07) is 0. The molecule has 0 saturated heterocycles. The molecule has 1 aliphatic rings. The molecule has 2 nitrogen and oxygen atoms in total. The van der Waals surface area contributed by atoms with Crippen LogP contribution in [0.15, 0.2) is 17.4 Å². The highest BCUT2D eigenvalue weighted by atomic mass is 35.5. The summed E-state index contributed by atoms with van der Waals surface area (Å²) in [6.45, 7) is 0. The molecule has 0 N–H and O–H groups in total. The first kappa shape index (κ1) is 3.68. The molecule has 31 valence electrons. The smallest absolute Gasteiger partial charge is 0.222 e. The number of halogens is 1. The largest absolute Gasteiger partial charge is 0.225 e. The summed E-state index contributed by atoms with van der Waals surface area (Å²) in [5.74, 6) is 0. The van der Waals surface area contributed by atoms with Crippen molar-refractivity contribution in [1.29, 1.82) is 0 Å². The fourth-order valence-corrected chi connectivity index (χ4v) is 0.336. The highest BCUT2D eigenvalue weighted by molar-refractivity contribution is 6.65. The van der Waals surface area contributed by atoms with E-state index in [0.29, 0.717) is 5.29 Å². The third-order valence-electron chi connectivity index (χ3n) is 0.429. The van der Waals surface area contributed by atoms with Gasteiger partial charge in [0.15, 0.2) is 0 Å². The van der Waals surface area contributed by atoms with Gasteiger partial charge < -0.3 is 0 Å². The second-order valence-corrected chi connectivity index (χ2v) is 1.16. The maximum Gasteiger partial charge on any atom is 0.222 e. The summed E-state index contributed by atoms with van der Waals surface area (Å²) in [7, 11) is 0. The maximum absolute atomic E-state index is 5.23. The molecule has 0 fully saturated rings. The average molecular weight is 102 g/mol. The van der Waals surface area contributed by atoms with Gasteiger partial charge in [-0.3, -0.25) is 0 Å². The molecular weight excluding hydrogens is 99.5 g/mol. The van der Waals surface area contributed by atoms with Crippen LogP contribution in [0.1, 0.15) is 0 Å². The molecule has 0 amide bonds. The minimum atomic E-state index is 0.315. The summed E-state index contributed by atoms with van der Waals surface area (Å²) in [5, 5.41) is 3.89. The maximum atomic E-state index is 5.23. The lowest BCUT2D eigenvalue weighted by Crippen LogP contribution is -1.93. The van der Waals surface area contributed by atoms with Crippen molar-refractivity contribution >= 4 is 16.9 Å². The first-order chi connectivity index (χ1) is 2.89. The SMILES string of the molecule is ClC1=NC=C[N]1. The first-order valence-electron chi connectivity index (χ1n) is 1.49. The number of hydrogen-bond acceptors (Lipinski definition) is 1. The predicted molar refractivity (Wildman–Crippen MR) is 24.6 cm³/mol. The van der Waals surface area contributed by atoms with Crippen molar-refractivity contribution in [2.75, 3.05) is 0 Å². The van der Waals surface area contributed by atoms with Crippen LogP contribution in [0, 0.1) is 0 Å². The van der Waals surface area contributed by atoms with Gasteiger partial charge in [-0.2, -0.15) is 0 Å². The van der Waals surface area contributed by atoms with E-state index in [4.69, 9.17) is 11.6 Å². The molecule has 0 aliphatic carbocycles. The van der Waals surface area contributed by atoms with Crippen molar-refractivity contribution in [2.24, 2.45) is 4.99 Å². The Morgan fingerprint density at radius 2 is 2.33 bits per heavy atom. The Morgan fingerprint density at radius 3 is 2.50 bits per heavy atom. The first-order valence-corrected chi connectivity index (χ1v) is 1.86. The van der Waals surface area contributed by atoms with Crippen LogP contribution in [0.4, 0.5) is 0 Å². The Labute approximate surface area is 40.5 Å². The zero-order valence-corrected chi connectivity index (χ0v) is 3.68. The molecule has 1 rings (SSSR count). The summed E-state index contributed by atoms with van der Waals surface area (Å²) < 4.78 is 0. The summed E-state index contributed by atoms with van der Waals surface area (Å²) >= 11 is 5.23. The van der Waals surface area contributed by atoms with E-state index < -0.39 is 0 Å². The van der Waals surface area contributed by atoms with Crippen LogP contribution in [-0.4, -0.2) is 5.29 Å². The third-order valence-corrected chi connectivity index (χ3v) is 0.624. The van der Waals surface area contributed by atoms with Crippen molar-refractivity contribution in [1.82, 2.24) is 5.32 Å². The fraction of sp³-hybridized carbons (Fsp3) is 0. The van der Waals surface area contributed by atoms with Crippen LogP contribution < -0.4 is 5.32 Å². The summed E-state index contributed by atoms with van der Waals surface area (Å²) in [4.78, 5) is 3.57. The molecule has 6 heavy (non-hydrogen) atoms.